The maximum Gasteiger partial charge on any atom is 0.408 e. The molecule has 8 nitrogen and oxygen atoms in total. The Kier molecular flexibility index (Phi) is 5.43. The molecule has 2 amide bonds. The van der Waals surface area contributed by atoms with Crippen LogP contribution in [0.4, 0.5) is 18.9 Å². The van der Waals surface area contributed by atoms with E-state index in [-0.39, 0.29) is 30.5 Å². The van der Waals surface area contributed by atoms with Gasteiger partial charge in [0.2, 0.25) is 11.8 Å². The predicted octanol–water partition coefficient (Wildman–Crippen LogP) is 1.64. The highest BCUT2D eigenvalue weighted by Gasteiger charge is 2.36. The third kappa shape index (κ3) is 4.52. The van der Waals surface area contributed by atoms with Gasteiger partial charge in [-0.05, 0) is 19.9 Å². The first kappa shape index (κ1) is 19.9. The van der Waals surface area contributed by atoms with Gasteiger partial charge in [-0.3, -0.25) is 19.0 Å². The van der Waals surface area contributed by atoms with E-state index in [1.54, 1.807) is 4.68 Å². The molecule has 1 aliphatic rings. The summed E-state index contributed by atoms with van der Waals surface area (Å²) in [5.74, 6) is -1.17. The largest absolute Gasteiger partial charge is 0.408 e. The second kappa shape index (κ2) is 7.64. The fraction of sp³-hybridized carbons (Fsp3) is 0.529. The highest BCUT2D eigenvalue weighted by molar-refractivity contribution is 6.00. The number of amides is 2. The van der Waals surface area contributed by atoms with E-state index in [4.69, 9.17) is 0 Å². The lowest BCUT2D eigenvalue weighted by molar-refractivity contribution is -0.142. The first-order valence-corrected chi connectivity index (χ1v) is 8.87. The molecule has 1 N–H and O–H groups in total. The minimum Gasteiger partial charge on any atom is -0.350 e. The number of hydrogen-bond donors (Lipinski definition) is 1. The Balaban J connectivity index is 1.60. The minimum atomic E-state index is -4.40. The zero-order valence-corrected chi connectivity index (χ0v) is 15.5. The summed E-state index contributed by atoms with van der Waals surface area (Å²) in [5.41, 5.74) is 1.97. The standard InChI is InChI=1S/C17H21F3N6O2/c1-3-26-13(4-11(2)23-26)6-21-16(28)12-5-15(27)25(8-12)14-7-22-24(9-14)10-17(18,19)20/h4,7,9,12H,3,5-6,8,10H2,1-2H3,(H,21,28)/t12-/m0/s1. The van der Waals surface area contributed by atoms with Gasteiger partial charge >= 0.3 is 6.18 Å². The molecule has 1 aliphatic heterocycles. The fourth-order valence-electron chi connectivity index (χ4n) is 3.23. The molecule has 3 rings (SSSR count). The number of anilines is 1. The van der Waals surface area contributed by atoms with Crippen molar-refractivity contribution in [2.24, 2.45) is 5.92 Å². The zero-order valence-electron chi connectivity index (χ0n) is 15.5. The second-order valence-electron chi connectivity index (χ2n) is 6.73. The molecule has 11 heteroatoms. The first-order valence-electron chi connectivity index (χ1n) is 8.87. The van der Waals surface area contributed by atoms with E-state index in [2.05, 4.69) is 15.5 Å². The van der Waals surface area contributed by atoms with Crippen molar-refractivity contribution in [3.8, 4) is 0 Å². The molecule has 2 aromatic heterocycles. The predicted molar refractivity (Wildman–Crippen MR) is 93.2 cm³/mol. The molecule has 0 unspecified atom stereocenters. The molecule has 0 spiro atoms. The van der Waals surface area contributed by atoms with Crippen LogP contribution in [-0.2, 0) is 29.2 Å². The van der Waals surface area contributed by atoms with Crippen molar-refractivity contribution < 1.29 is 22.8 Å². The van der Waals surface area contributed by atoms with Crippen molar-refractivity contribution in [1.29, 1.82) is 0 Å². The van der Waals surface area contributed by atoms with Crippen LogP contribution in [0.3, 0.4) is 0 Å². The SMILES string of the molecule is CCn1nc(C)cc1CNC(=O)[C@H]1CC(=O)N(c2cnn(CC(F)(F)F)c2)C1. The second-order valence-corrected chi connectivity index (χ2v) is 6.73. The van der Waals surface area contributed by atoms with Gasteiger partial charge in [0, 0.05) is 25.7 Å². The van der Waals surface area contributed by atoms with Crippen molar-refractivity contribution in [3.05, 3.63) is 29.8 Å². The van der Waals surface area contributed by atoms with Crippen LogP contribution >= 0.6 is 0 Å². The third-order valence-electron chi connectivity index (χ3n) is 4.50. The summed E-state index contributed by atoms with van der Waals surface area (Å²) in [4.78, 5) is 26.0. The van der Waals surface area contributed by atoms with Gasteiger partial charge in [-0.1, -0.05) is 0 Å². The van der Waals surface area contributed by atoms with Gasteiger partial charge in [-0.2, -0.15) is 23.4 Å². The number of alkyl halides is 3. The van der Waals surface area contributed by atoms with Crippen LogP contribution in [-0.4, -0.2) is 44.1 Å². The van der Waals surface area contributed by atoms with Crippen LogP contribution in [0.1, 0.15) is 24.7 Å². The molecule has 0 radical (unpaired) electrons. The number of carbonyl (C=O) groups is 2. The Bertz CT molecular complexity index is 873. The maximum atomic E-state index is 12.5. The van der Waals surface area contributed by atoms with E-state index in [0.717, 1.165) is 22.3 Å². The lowest BCUT2D eigenvalue weighted by atomic mass is 10.1. The molecule has 28 heavy (non-hydrogen) atoms. The van der Waals surface area contributed by atoms with E-state index in [9.17, 15) is 22.8 Å². The van der Waals surface area contributed by atoms with E-state index in [0.29, 0.717) is 13.1 Å². The average Bonchev–Trinajstić information content (AvgIpc) is 3.29. The van der Waals surface area contributed by atoms with Gasteiger partial charge in [0.15, 0.2) is 0 Å². The van der Waals surface area contributed by atoms with E-state index in [1.165, 1.54) is 11.1 Å². The summed E-state index contributed by atoms with van der Waals surface area (Å²) in [6.45, 7) is 3.66. The van der Waals surface area contributed by atoms with Crippen molar-refractivity contribution in [1.82, 2.24) is 24.9 Å². The molecule has 152 valence electrons. The van der Waals surface area contributed by atoms with Crippen molar-refractivity contribution in [3.63, 3.8) is 0 Å². The Morgan fingerprint density at radius 2 is 2.14 bits per heavy atom. The van der Waals surface area contributed by atoms with Crippen LogP contribution in [0.2, 0.25) is 0 Å². The van der Waals surface area contributed by atoms with Crippen LogP contribution in [0, 0.1) is 12.8 Å². The molecule has 1 saturated heterocycles. The number of aryl methyl sites for hydroxylation is 2. The number of aromatic nitrogens is 4. The minimum absolute atomic E-state index is 0.00233. The average molecular weight is 398 g/mol. The van der Waals surface area contributed by atoms with E-state index in [1.807, 2.05) is 19.9 Å². The first-order chi connectivity index (χ1) is 13.2. The van der Waals surface area contributed by atoms with Gasteiger partial charge < -0.3 is 10.2 Å². The number of hydrogen-bond acceptors (Lipinski definition) is 4. The maximum absolute atomic E-state index is 12.5. The highest BCUT2D eigenvalue weighted by Crippen LogP contribution is 2.26. The lowest BCUT2D eigenvalue weighted by Gasteiger charge is -2.14. The van der Waals surface area contributed by atoms with E-state index < -0.39 is 18.6 Å². The molecule has 1 fully saturated rings. The Hall–Kier alpha value is -2.85. The van der Waals surface area contributed by atoms with Crippen LogP contribution in [0.25, 0.3) is 0 Å². The van der Waals surface area contributed by atoms with Gasteiger partial charge in [0.25, 0.3) is 0 Å². The summed E-state index contributed by atoms with van der Waals surface area (Å²) in [5, 5.41) is 10.8. The molecule has 0 saturated carbocycles. The van der Waals surface area contributed by atoms with Crippen molar-refractivity contribution in [2.45, 2.75) is 46.1 Å². The Labute approximate surface area is 159 Å². The molecule has 3 heterocycles. The smallest absolute Gasteiger partial charge is 0.350 e. The molecular formula is C17H21F3N6O2. The number of nitrogens with zero attached hydrogens (tertiary/aromatic N) is 5. The summed E-state index contributed by atoms with van der Waals surface area (Å²) in [6, 6.07) is 1.88. The Morgan fingerprint density at radius 3 is 2.82 bits per heavy atom. The molecule has 0 aromatic carbocycles. The van der Waals surface area contributed by atoms with Gasteiger partial charge in [-0.25, -0.2) is 0 Å². The molecule has 0 bridgehead atoms. The van der Waals surface area contributed by atoms with E-state index >= 15 is 0 Å². The monoisotopic (exact) mass is 398 g/mol. The topological polar surface area (TPSA) is 85.1 Å². The Morgan fingerprint density at radius 1 is 1.39 bits per heavy atom. The number of rotatable bonds is 6. The third-order valence-corrected chi connectivity index (χ3v) is 4.50. The summed E-state index contributed by atoms with van der Waals surface area (Å²) >= 11 is 0. The van der Waals surface area contributed by atoms with Gasteiger partial charge in [0.1, 0.15) is 6.54 Å². The lowest BCUT2D eigenvalue weighted by Crippen LogP contribution is -2.33. The molecule has 0 aliphatic carbocycles. The summed E-state index contributed by atoms with van der Waals surface area (Å²) in [7, 11) is 0. The normalized spacial score (nSPS) is 17.4. The summed E-state index contributed by atoms with van der Waals surface area (Å²) in [6.07, 6.45) is -2.03. The van der Waals surface area contributed by atoms with Gasteiger partial charge in [0.05, 0.1) is 35.7 Å². The number of halogens is 3. The molecule has 2 aromatic rings. The molecular weight excluding hydrogens is 377 g/mol. The fourth-order valence-corrected chi connectivity index (χ4v) is 3.23. The van der Waals surface area contributed by atoms with Gasteiger partial charge in [-0.15, -0.1) is 0 Å². The number of carbonyl (C=O) groups excluding carboxylic acids is 2. The highest BCUT2D eigenvalue weighted by atomic mass is 19.4. The van der Waals surface area contributed by atoms with Crippen LogP contribution in [0.15, 0.2) is 18.5 Å². The molecule has 1 atom stereocenters. The van der Waals surface area contributed by atoms with Crippen LogP contribution < -0.4 is 10.2 Å². The van der Waals surface area contributed by atoms with Crippen molar-refractivity contribution >= 4 is 17.5 Å². The van der Waals surface area contributed by atoms with Crippen molar-refractivity contribution in [2.75, 3.05) is 11.4 Å². The zero-order chi connectivity index (χ0) is 20.5. The quantitative estimate of drug-likeness (QED) is 0.802. The van der Waals surface area contributed by atoms with Crippen LogP contribution in [0.5, 0.6) is 0 Å². The number of nitrogens with one attached hydrogen (secondary N) is 1. The summed E-state index contributed by atoms with van der Waals surface area (Å²) < 4.78 is 39.9.